The molecule has 5 N–H and O–H groups in total. The molecule has 0 radical (unpaired) electrons. The Morgan fingerprint density at radius 1 is 1.23 bits per heavy atom. The average Bonchev–Trinajstić information content (AvgIpc) is 3.13. The number of rotatable bonds is 4. The maximum Gasteiger partial charge on any atom is 0.267 e. The lowest BCUT2D eigenvalue weighted by atomic mass is 10.1. The first kappa shape index (κ1) is 19.8. The Kier molecular flexibility index (Phi) is 7.47. The first-order chi connectivity index (χ1) is 12.5. The van der Waals surface area contributed by atoms with Crippen LogP contribution in [0.15, 0.2) is 54.9 Å². The van der Waals surface area contributed by atoms with Crippen molar-refractivity contribution in [3.8, 4) is 11.1 Å². The third-order valence-corrected chi connectivity index (χ3v) is 3.80. The highest BCUT2D eigenvalue weighted by Gasteiger charge is 2.11. The van der Waals surface area contributed by atoms with E-state index in [0.29, 0.717) is 22.1 Å². The SMILES string of the molecule is Clc1ccccc1.Nc1cc(-c2c[nH]c(C(=O)NCCO)c2)c(Cl)cn1. The van der Waals surface area contributed by atoms with E-state index < -0.39 is 0 Å². The molecule has 0 fully saturated rings. The summed E-state index contributed by atoms with van der Waals surface area (Å²) < 4.78 is 0. The predicted octanol–water partition coefficient (Wildman–Crippen LogP) is 3.37. The molecule has 0 aliphatic carbocycles. The number of aromatic nitrogens is 2. The largest absolute Gasteiger partial charge is 0.395 e. The number of aliphatic hydroxyl groups excluding tert-OH is 1. The van der Waals surface area contributed by atoms with Crippen LogP contribution in [0.25, 0.3) is 11.1 Å². The Bertz CT molecular complexity index is 853. The van der Waals surface area contributed by atoms with Gasteiger partial charge >= 0.3 is 0 Å². The molecule has 26 heavy (non-hydrogen) atoms. The number of amides is 1. The van der Waals surface area contributed by atoms with Crippen molar-refractivity contribution < 1.29 is 9.90 Å². The molecule has 0 atom stereocenters. The van der Waals surface area contributed by atoms with Gasteiger partial charge in [0.25, 0.3) is 5.91 Å². The molecule has 2 heterocycles. The van der Waals surface area contributed by atoms with E-state index in [1.165, 1.54) is 6.20 Å². The van der Waals surface area contributed by atoms with Crippen molar-refractivity contribution in [3.05, 3.63) is 70.6 Å². The van der Waals surface area contributed by atoms with E-state index in [0.717, 1.165) is 10.6 Å². The van der Waals surface area contributed by atoms with Crippen LogP contribution >= 0.6 is 23.2 Å². The van der Waals surface area contributed by atoms with Crippen molar-refractivity contribution in [2.24, 2.45) is 0 Å². The number of pyridine rings is 1. The van der Waals surface area contributed by atoms with Gasteiger partial charge in [0.15, 0.2) is 0 Å². The number of nitrogens with one attached hydrogen (secondary N) is 2. The van der Waals surface area contributed by atoms with Gasteiger partial charge in [-0.2, -0.15) is 0 Å². The highest BCUT2D eigenvalue weighted by atomic mass is 35.5. The molecule has 8 heteroatoms. The molecule has 0 saturated carbocycles. The minimum atomic E-state index is -0.293. The summed E-state index contributed by atoms with van der Waals surface area (Å²) in [6.45, 7) is 0.0994. The highest BCUT2D eigenvalue weighted by molar-refractivity contribution is 6.33. The Morgan fingerprint density at radius 3 is 2.58 bits per heavy atom. The molecule has 0 aliphatic heterocycles. The number of aliphatic hydroxyl groups is 1. The Labute approximate surface area is 161 Å². The van der Waals surface area contributed by atoms with Crippen LogP contribution in [0.3, 0.4) is 0 Å². The fourth-order valence-electron chi connectivity index (χ4n) is 2.04. The number of carbonyl (C=O) groups excluding carboxylic acids is 1. The second-order valence-corrected chi connectivity index (χ2v) is 6.01. The lowest BCUT2D eigenvalue weighted by Crippen LogP contribution is -2.26. The van der Waals surface area contributed by atoms with Gasteiger partial charge in [0.2, 0.25) is 0 Å². The standard InChI is InChI=1S/C12H13ClN4O2.C6H5Cl/c13-9-6-17-11(14)4-8(9)7-3-10(16-5-7)12(19)15-1-2-18;7-6-4-2-1-3-5-6/h3-6,16,18H,1-2H2,(H2,14,17)(H,15,19);1-5H. The van der Waals surface area contributed by atoms with E-state index in [1.54, 1.807) is 18.3 Å². The van der Waals surface area contributed by atoms with Crippen molar-refractivity contribution in [2.45, 2.75) is 0 Å². The number of hydrogen-bond donors (Lipinski definition) is 4. The van der Waals surface area contributed by atoms with Gasteiger partial charge in [-0.25, -0.2) is 4.98 Å². The number of H-pyrrole nitrogens is 1. The molecule has 136 valence electrons. The summed E-state index contributed by atoms with van der Waals surface area (Å²) in [5.41, 5.74) is 7.44. The van der Waals surface area contributed by atoms with Gasteiger partial charge in [-0.05, 0) is 24.3 Å². The number of aromatic amines is 1. The van der Waals surface area contributed by atoms with E-state index in [1.807, 2.05) is 30.3 Å². The van der Waals surface area contributed by atoms with Crippen molar-refractivity contribution >= 4 is 34.9 Å². The van der Waals surface area contributed by atoms with Crippen molar-refractivity contribution in [3.63, 3.8) is 0 Å². The van der Waals surface area contributed by atoms with E-state index in [4.69, 9.17) is 34.0 Å². The third kappa shape index (κ3) is 5.77. The number of anilines is 1. The van der Waals surface area contributed by atoms with Gasteiger partial charge in [-0.15, -0.1) is 0 Å². The van der Waals surface area contributed by atoms with E-state index in [-0.39, 0.29) is 19.1 Å². The predicted molar refractivity (Wildman–Crippen MR) is 104 cm³/mol. The summed E-state index contributed by atoms with van der Waals surface area (Å²) >= 11 is 11.6. The summed E-state index contributed by atoms with van der Waals surface area (Å²) in [6.07, 6.45) is 3.12. The number of nitrogen functional groups attached to an aromatic ring is 1. The van der Waals surface area contributed by atoms with Crippen LogP contribution in [-0.4, -0.2) is 34.1 Å². The molecule has 0 spiro atoms. The second kappa shape index (κ2) is 9.82. The third-order valence-electron chi connectivity index (χ3n) is 3.25. The summed E-state index contributed by atoms with van der Waals surface area (Å²) in [5, 5.41) is 12.4. The normalized spacial score (nSPS) is 9.96. The molecule has 3 aromatic rings. The fraction of sp³-hybridized carbons (Fsp3) is 0.111. The van der Waals surface area contributed by atoms with E-state index in [9.17, 15) is 4.79 Å². The van der Waals surface area contributed by atoms with Crippen molar-refractivity contribution in [1.29, 1.82) is 0 Å². The van der Waals surface area contributed by atoms with Crippen molar-refractivity contribution in [2.75, 3.05) is 18.9 Å². The summed E-state index contributed by atoms with van der Waals surface area (Å²) in [5.74, 6) is 0.0605. The Balaban J connectivity index is 0.000000290. The van der Waals surface area contributed by atoms with Gasteiger partial charge < -0.3 is 21.1 Å². The lowest BCUT2D eigenvalue weighted by Gasteiger charge is -2.02. The minimum Gasteiger partial charge on any atom is -0.395 e. The van der Waals surface area contributed by atoms with Crippen LogP contribution in [0.5, 0.6) is 0 Å². The average molecular weight is 393 g/mol. The molecule has 2 aromatic heterocycles. The van der Waals surface area contributed by atoms with E-state index >= 15 is 0 Å². The zero-order valence-electron chi connectivity index (χ0n) is 13.7. The van der Waals surface area contributed by atoms with Crippen molar-refractivity contribution in [1.82, 2.24) is 15.3 Å². The molecule has 6 nitrogen and oxygen atoms in total. The zero-order valence-corrected chi connectivity index (χ0v) is 15.3. The van der Waals surface area contributed by atoms with Crippen LogP contribution in [0.4, 0.5) is 5.82 Å². The Morgan fingerprint density at radius 2 is 1.96 bits per heavy atom. The quantitative estimate of drug-likeness (QED) is 0.546. The maximum atomic E-state index is 11.7. The van der Waals surface area contributed by atoms with E-state index in [2.05, 4.69) is 15.3 Å². The first-order valence-electron chi connectivity index (χ1n) is 7.70. The van der Waals surface area contributed by atoms with Gasteiger partial charge in [-0.1, -0.05) is 41.4 Å². The minimum absolute atomic E-state index is 0.105. The monoisotopic (exact) mass is 392 g/mol. The van der Waals surface area contributed by atoms with Crippen LogP contribution in [0.1, 0.15) is 10.5 Å². The number of nitrogens with zero attached hydrogens (tertiary/aromatic N) is 1. The molecule has 0 bridgehead atoms. The zero-order chi connectivity index (χ0) is 18.9. The first-order valence-corrected chi connectivity index (χ1v) is 8.46. The topological polar surface area (TPSA) is 104 Å². The van der Waals surface area contributed by atoms with Gasteiger partial charge in [0, 0.05) is 35.1 Å². The molecule has 1 aromatic carbocycles. The van der Waals surface area contributed by atoms with Gasteiger partial charge in [0.05, 0.1) is 11.6 Å². The lowest BCUT2D eigenvalue weighted by molar-refractivity contribution is 0.0940. The number of benzene rings is 1. The molecule has 1 amide bonds. The maximum absolute atomic E-state index is 11.7. The summed E-state index contributed by atoms with van der Waals surface area (Å²) in [4.78, 5) is 18.4. The van der Waals surface area contributed by atoms with Gasteiger partial charge in [0.1, 0.15) is 11.5 Å². The molecule has 3 rings (SSSR count). The second-order valence-electron chi connectivity index (χ2n) is 5.17. The van der Waals surface area contributed by atoms with Crippen LogP contribution in [-0.2, 0) is 0 Å². The smallest absolute Gasteiger partial charge is 0.267 e. The van der Waals surface area contributed by atoms with Crippen LogP contribution in [0.2, 0.25) is 10.0 Å². The summed E-state index contributed by atoms with van der Waals surface area (Å²) in [6, 6.07) is 12.7. The van der Waals surface area contributed by atoms with Crippen LogP contribution in [0, 0.1) is 0 Å². The Hall–Kier alpha value is -2.54. The van der Waals surface area contributed by atoms with Crippen LogP contribution < -0.4 is 11.1 Å². The molecule has 0 saturated heterocycles. The molecular weight excluding hydrogens is 375 g/mol. The number of halogens is 2. The number of nitrogens with two attached hydrogens (primary N) is 1. The van der Waals surface area contributed by atoms with Gasteiger partial charge in [-0.3, -0.25) is 4.79 Å². The fourth-order valence-corrected chi connectivity index (χ4v) is 2.39. The molecule has 0 unspecified atom stereocenters. The number of hydrogen-bond acceptors (Lipinski definition) is 4. The highest BCUT2D eigenvalue weighted by Crippen LogP contribution is 2.28. The summed E-state index contributed by atoms with van der Waals surface area (Å²) in [7, 11) is 0. The molecule has 0 aliphatic rings. The number of carbonyl (C=O) groups is 1. The molecular formula is C18H18Cl2N4O2.